The molecule has 0 aromatic heterocycles. The third-order valence-corrected chi connectivity index (χ3v) is 2.74. The van der Waals surface area contributed by atoms with Gasteiger partial charge in [0.15, 0.2) is 0 Å². The molecule has 0 atom stereocenters. The number of likely N-dealkylation sites (N-methyl/N-ethyl adjacent to an activating group) is 1. The van der Waals surface area contributed by atoms with Crippen LogP contribution < -0.4 is 10.2 Å². The molecular weight excluding hydrogens is 216 g/mol. The average molecular weight is 232 g/mol. The van der Waals surface area contributed by atoms with Crippen LogP contribution in [-0.2, 0) is 9.59 Å². The number of carbonyl (C=O) groups excluding carboxylic acids is 2. The van der Waals surface area contributed by atoms with Crippen LogP contribution in [0.1, 0.15) is 19.8 Å². The minimum atomic E-state index is -0.502. The molecule has 0 heterocycles. The average Bonchev–Trinajstić information content (AvgIpc) is 3.15. The lowest BCUT2D eigenvalue weighted by Gasteiger charge is -2.20. The first-order valence-electron chi connectivity index (χ1n) is 5.89. The van der Waals surface area contributed by atoms with Crippen molar-refractivity contribution in [1.29, 1.82) is 0 Å². The van der Waals surface area contributed by atoms with Crippen molar-refractivity contribution in [1.82, 2.24) is 5.32 Å². The fourth-order valence-corrected chi connectivity index (χ4v) is 1.65. The predicted molar refractivity (Wildman–Crippen MR) is 65.6 cm³/mol. The molecule has 4 heteroatoms. The Morgan fingerprint density at radius 3 is 2.47 bits per heavy atom. The first-order valence-corrected chi connectivity index (χ1v) is 5.89. The zero-order valence-corrected chi connectivity index (χ0v) is 9.85. The molecule has 17 heavy (non-hydrogen) atoms. The van der Waals surface area contributed by atoms with Crippen molar-refractivity contribution in [3.8, 4) is 0 Å². The molecule has 0 spiro atoms. The SMILES string of the molecule is CCN(C(=O)C(=O)NC1CC1)c1ccccc1. The van der Waals surface area contributed by atoms with E-state index in [0.717, 1.165) is 18.5 Å². The number of hydrogen-bond acceptors (Lipinski definition) is 2. The molecule has 1 saturated carbocycles. The van der Waals surface area contributed by atoms with Gasteiger partial charge < -0.3 is 10.2 Å². The molecule has 0 unspecified atom stereocenters. The second kappa shape index (κ2) is 4.99. The van der Waals surface area contributed by atoms with Gasteiger partial charge in [-0.05, 0) is 31.9 Å². The molecule has 0 radical (unpaired) electrons. The highest BCUT2D eigenvalue weighted by molar-refractivity contribution is 6.40. The van der Waals surface area contributed by atoms with E-state index in [1.165, 1.54) is 4.90 Å². The highest BCUT2D eigenvalue weighted by Crippen LogP contribution is 2.19. The molecule has 90 valence electrons. The topological polar surface area (TPSA) is 49.4 Å². The lowest BCUT2D eigenvalue weighted by atomic mass is 10.3. The van der Waals surface area contributed by atoms with Gasteiger partial charge in [-0.25, -0.2) is 0 Å². The maximum absolute atomic E-state index is 12.0. The Kier molecular flexibility index (Phi) is 3.42. The predicted octanol–water partition coefficient (Wildman–Crippen LogP) is 1.32. The standard InChI is InChI=1S/C13H16N2O2/c1-2-15(11-6-4-3-5-7-11)13(17)12(16)14-10-8-9-10/h3-7,10H,2,8-9H2,1H3,(H,14,16). The second-order valence-electron chi connectivity index (χ2n) is 4.13. The third-order valence-electron chi connectivity index (χ3n) is 2.74. The van der Waals surface area contributed by atoms with Gasteiger partial charge in [0.2, 0.25) is 0 Å². The molecule has 1 aliphatic rings. The van der Waals surface area contributed by atoms with Crippen molar-refractivity contribution in [2.45, 2.75) is 25.8 Å². The zero-order chi connectivity index (χ0) is 12.3. The molecule has 1 fully saturated rings. The summed E-state index contributed by atoms with van der Waals surface area (Å²) in [7, 11) is 0. The third kappa shape index (κ3) is 2.84. The van der Waals surface area contributed by atoms with Crippen LogP contribution in [0.2, 0.25) is 0 Å². The van der Waals surface area contributed by atoms with Gasteiger partial charge in [-0.2, -0.15) is 0 Å². The van der Waals surface area contributed by atoms with Gasteiger partial charge >= 0.3 is 11.8 Å². The molecule has 1 aromatic rings. The number of carbonyl (C=O) groups is 2. The number of amides is 2. The van der Waals surface area contributed by atoms with E-state index in [2.05, 4.69) is 5.32 Å². The van der Waals surface area contributed by atoms with Gasteiger partial charge in [-0.15, -0.1) is 0 Å². The van der Waals surface area contributed by atoms with Crippen molar-refractivity contribution >= 4 is 17.5 Å². The zero-order valence-electron chi connectivity index (χ0n) is 9.85. The summed E-state index contributed by atoms with van der Waals surface area (Å²) in [6.45, 7) is 2.34. The summed E-state index contributed by atoms with van der Waals surface area (Å²) in [5.41, 5.74) is 0.756. The Labute approximate surface area is 101 Å². The number of hydrogen-bond donors (Lipinski definition) is 1. The molecule has 2 rings (SSSR count). The fraction of sp³-hybridized carbons (Fsp3) is 0.385. The van der Waals surface area contributed by atoms with Crippen molar-refractivity contribution in [2.75, 3.05) is 11.4 Å². The van der Waals surface area contributed by atoms with Gasteiger partial charge in [0.25, 0.3) is 0 Å². The number of rotatable bonds is 3. The van der Waals surface area contributed by atoms with E-state index in [0.29, 0.717) is 6.54 Å². The molecule has 1 N–H and O–H groups in total. The number of benzene rings is 1. The summed E-state index contributed by atoms with van der Waals surface area (Å²) >= 11 is 0. The van der Waals surface area contributed by atoms with Crippen LogP contribution in [-0.4, -0.2) is 24.4 Å². The monoisotopic (exact) mass is 232 g/mol. The van der Waals surface area contributed by atoms with Crippen LogP contribution in [0.5, 0.6) is 0 Å². The largest absolute Gasteiger partial charge is 0.345 e. The number of para-hydroxylation sites is 1. The summed E-state index contributed by atoms with van der Waals surface area (Å²) in [4.78, 5) is 25.1. The molecule has 0 bridgehead atoms. The minimum absolute atomic E-state index is 0.209. The van der Waals surface area contributed by atoms with Crippen LogP contribution in [0.15, 0.2) is 30.3 Å². The van der Waals surface area contributed by atoms with Crippen LogP contribution in [0.4, 0.5) is 5.69 Å². The smallest absolute Gasteiger partial charge is 0.316 e. The summed E-state index contributed by atoms with van der Waals surface area (Å²) in [5.74, 6) is -0.983. The van der Waals surface area contributed by atoms with Crippen molar-refractivity contribution in [3.63, 3.8) is 0 Å². The van der Waals surface area contributed by atoms with Crippen molar-refractivity contribution in [2.24, 2.45) is 0 Å². The molecule has 4 nitrogen and oxygen atoms in total. The molecule has 1 aromatic carbocycles. The van der Waals surface area contributed by atoms with E-state index < -0.39 is 11.8 Å². The van der Waals surface area contributed by atoms with E-state index >= 15 is 0 Å². The Balaban J connectivity index is 2.06. The van der Waals surface area contributed by atoms with E-state index in [4.69, 9.17) is 0 Å². The minimum Gasteiger partial charge on any atom is -0.345 e. The van der Waals surface area contributed by atoms with Crippen LogP contribution in [0.3, 0.4) is 0 Å². The lowest BCUT2D eigenvalue weighted by molar-refractivity contribution is -0.137. The first kappa shape index (κ1) is 11.6. The number of anilines is 1. The maximum Gasteiger partial charge on any atom is 0.316 e. The highest BCUT2D eigenvalue weighted by Gasteiger charge is 2.29. The quantitative estimate of drug-likeness (QED) is 0.799. The normalized spacial score (nSPS) is 14.2. The molecule has 1 aliphatic carbocycles. The Morgan fingerprint density at radius 2 is 1.94 bits per heavy atom. The van der Waals surface area contributed by atoms with E-state index in [1.807, 2.05) is 37.3 Å². The van der Waals surface area contributed by atoms with Crippen molar-refractivity contribution in [3.05, 3.63) is 30.3 Å². The number of nitrogens with one attached hydrogen (secondary N) is 1. The first-order chi connectivity index (χ1) is 8.22. The fourth-order valence-electron chi connectivity index (χ4n) is 1.65. The van der Waals surface area contributed by atoms with E-state index in [1.54, 1.807) is 0 Å². The summed E-state index contributed by atoms with van der Waals surface area (Å²) in [6.07, 6.45) is 1.97. The van der Waals surface area contributed by atoms with E-state index in [9.17, 15) is 9.59 Å². The lowest BCUT2D eigenvalue weighted by Crippen LogP contribution is -2.43. The van der Waals surface area contributed by atoms with Crippen LogP contribution >= 0.6 is 0 Å². The van der Waals surface area contributed by atoms with Crippen molar-refractivity contribution < 1.29 is 9.59 Å². The highest BCUT2D eigenvalue weighted by atomic mass is 16.2. The molecule has 0 saturated heterocycles. The Morgan fingerprint density at radius 1 is 1.29 bits per heavy atom. The summed E-state index contributed by atoms with van der Waals surface area (Å²) < 4.78 is 0. The molecule has 0 aliphatic heterocycles. The van der Waals surface area contributed by atoms with Crippen LogP contribution in [0, 0.1) is 0 Å². The number of nitrogens with zero attached hydrogens (tertiary/aromatic N) is 1. The van der Waals surface area contributed by atoms with Gasteiger partial charge in [-0.1, -0.05) is 18.2 Å². The van der Waals surface area contributed by atoms with Gasteiger partial charge in [0.05, 0.1) is 0 Å². The van der Waals surface area contributed by atoms with E-state index in [-0.39, 0.29) is 6.04 Å². The summed E-state index contributed by atoms with van der Waals surface area (Å²) in [5, 5.41) is 2.71. The molecule has 2 amide bonds. The summed E-state index contributed by atoms with van der Waals surface area (Å²) in [6, 6.07) is 9.44. The maximum atomic E-state index is 12.0. The Hall–Kier alpha value is -1.84. The Bertz CT molecular complexity index is 413. The second-order valence-corrected chi connectivity index (χ2v) is 4.13. The van der Waals surface area contributed by atoms with Gasteiger partial charge in [-0.3, -0.25) is 9.59 Å². The molecular formula is C13H16N2O2. The van der Waals surface area contributed by atoms with Gasteiger partial charge in [0.1, 0.15) is 0 Å². The van der Waals surface area contributed by atoms with Gasteiger partial charge in [0, 0.05) is 18.3 Å². The van der Waals surface area contributed by atoms with Crippen LogP contribution in [0.25, 0.3) is 0 Å².